The molecule has 2 N–H and O–H groups in total. The van der Waals surface area contributed by atoms with E-state index < -0.39 is 5.97 Å². The number of benzene rings is 1. The van der Waals surface area contributed by atoms with E-state index in [1.807, 2.05) is 5.38 Å². The van der Waals surface area contributed by atoms with Gasteiger partial charge < -0.3 is 5.11 Å². The number of nitrogens with zero attached hydrogens (tertiary/aromatic N) is 1. The van der Waals surface area contributed by atoms with E-state index in [9.17, 15) is 9.59 Å². The first kappa shape index (κ1) is 13.8. The SMILES string of the molecule is O=C(O)c1cccc(C(=O)Nc2nc(C3CCC3)cs2)c1. The van der Waals surface area contributed by atoms with Gasteiger partial charge in [0.05, 0.1) is 11.3 Å². The van der Waals surface area contributed by atoms with Gasteiger partial charge in [0.25, 0.3) is 5.91 Å². The second-order valence-corrected chi connectivity index (χ2v) is 5.90. The van der Waals surface area contributed by atoms with Crippen molar-refractivity contribution in [1.29, 1.82) is 0 Å². The number of nitrogens with one attached hydrogen (secondary N) is 1. The molecule has 1 aromatic heterocycles. The van der Waals surface area contributed by atoms with E-state index in [0.29, 0.717) is 16.6 Å². The van der Waals surface area contributed by atoms with Crippen LogP contribution in [-0.4, -0.2) is 22.0 Å². The van der Waals surface area contributed by atoms with Crippen LogP contribution >= 0.6 is 11.3 Å². The molecule has 0 atom stereocenters. The van der Waals surface area contributed by atoms with Crippen molar-refractivity contribution in [3.63, 3.8) is 0 Å². The molecule has 21 heavy (non-hydrogen) atoms. The third kappa shape index (κ3) is 2.95. The molecule has 1 aromatic carbocycles. The molecule has 0 unspecified atom stereocenters. The number of anilines is 1. The lowest BCUT2D eigenvalue weighted by atomic mass is 9.83. The van der Waals surface area contributed by atoms with Crippen molar-refractivity contribution in [2.75, 3.05) is 5.32 Å². The molecule has 0 spiro atoms. The molecule has 1 heterocycles. The molecule has 0 aliphatic heterocycles. The van der Waals surface area contributed by atoms with Crippen LogP contribution in [0.25, 0.3) is 0 Å². The van der Waals surface area contributed by atoms with Gasteiger partial charge in [-0.05, 0) is 31.0 Å². The summed E-state index contributed by atoms with van der Waals surface area (Å²) in [5, 5.41) is 14.2. The zero-order valence-corrected chi connectivity index (χ0v) is 12.0. The average Bonchev–Trinajstić information content (AvgIpc) is 2.85. The number of rotatable bonds is 4. The van der Waals surface area contributed by atoms with Crippen LogP contribution in [-0.2, 0) is 0 Å². The number of hydrogen-bond donors (Lipinski definition) is 2. The summed E-state index contributed by atoms with van der Waals surface area (Å²) in [5.74, 6) is -0.860. The molecule has 1 aliphatic carbocycles. The minimum atomic E-state index is -1.05. The van der Waals surface area contributed by atoms with Crippen molar-refractivity contribution in [3.05, 3.63) is 46.5 Å². The van der Waals surface area contributed by atoms with Gasteiger partial charge in [-0.3, -0.25) is 10.1 Å². The smallest absolute Gasteiger partial charge is 0.335 e. The Balaban J connectivity index is 1.72. The van der Waals surface area contributed by atoms with Gasteiger partial charge in [0.15, 0.2) is 5.13 Å². The summed E-state index contributed by atoms with van der Waals surface area (Å²) in [6.07, 6.45) is 3.57. The number of carbonyl (C=O) groups excluding carboxylic acids is 1. The first-order chi connectivity index (χ1) is 10.1. The molecule has 2 aromatic rings. The Morgan fingerprint density at radius 2 is 2.05 bits per heavy atom. The minimum Gasteiger partial charge on any atom is -0.478 e. The van der Waals surface area contributed by atoms with Crippen molar-refractivity contribution in [1.82, 2.24) is 4.98 Å². The molecule has 3 rings (SSSR count). The van der Waals surface area contributed by atoms with Gasteiger partial charge in [-0.1, -0.05) is 12.5 Å². The highest BCUT2D eigenvalue weighted by molar-refractivity contribution is 7.14. The Morgan fingerprint density at radius 3 is 2.71 bits per heavy atom. The Morgan fingerprint density at radius 1 is 1.29 bits per heavy atom. The monoisotopic (exact) mass is 302 g/mol. The summed E-state index contributed by atoms with van der Waals surface area (Å²) < 4.78 is 0. The maximum Gasteiger partial charge on any atom is 0.335 e. The minimum absolute atomic E-state index is 0.0944. The maximum absolute atomic E-state index is 12.1. The number of carboxylic acids is 1. The highest BCUT2D eigenvalue weighted by Gasteiger charge is 2.22. The number of aromatic nitrogens is 1. The van der Waals surface area contributed by atoms with E-state index in [4.69, 9.17) is 5.11 Å². The molecule has 1 saturated carbocycles. The van der Waals surface area contributed by atoms with Crippen LogP contribution in [0.5, 0.6) is 0 Å². The topological polar surface area (TPSA) is 79.3 Å². The molecule has 5 nitrogen and oxygen atoms in total. The van der Waals surface area contributed by atoms with Crippen LogP contribution in [0, 0.1) is 0 Å². The summed E-state index contributed by atoms with van der Waals surface area (Å²) in [7, 11) is 0. The Hall–Kier alpha value is -2.21. The fourth-order valence-electron chi connectivity index (χ4n) is 2.20. The predicted molar refractivity (Wildman–Crippen MR) is 80.1 cm³/mol. The molecule has 108 valence electrons. The summed E-state index contributed by atoms with van der Waals surface area (Å²) in [6.45, 7) is 0. The molecule has 0 bridgehead atoms. The van der Waals surface area contributed by atoms with Gasteiger partial charge in [0.2, 0.25) is 0 Å². The second kappa shape index (κ2) is 5.65. The predicted octanol–water partition coefficient (Wildman–Crippen LogP) is 3.36. The van der Waals surface area contributed by atoms with Crippen LogP contribution in [0.2, 0.25) is 0 Å². The zero-order valence-electron chi connectivity index (χ0n) is 11.2. The molecule has 1 aliphatic rings. The molecule has 1 amide bonds. The standard InChI is InChI=1S/C15H14N2O3S/c18-13(10-5-2-6-11(7-10)14(19)20)17-15-16-12(8-21-15)9-3-1-4-9/h2,5-9H,1,3-4H2,(H,19,20)(H,16,17,18). The van der Waals surface area contributed by atoms with Gasteiger partial charge in [0, 0.05) is 16.9 Å². The number of aromatic carboxylic acids is 1. The molecule has 0 radical (unpaired) electrons. The second-order valence-electron chi connectivity index (χ2n) is 5.05. The van der Waals surface area contributed by atoms with Gasteiger partial charge >= 0.3 is 5.97 Å². The number of hydrogen-bond acceptors (Lipinski definition) is 4. The lowest BCUT2D eigenvalue weighted by Crippen LogP contribution is -2.13. The normalized spacial score (nSPS) is 14.5. The number of carboxylic acid groups (broad SMARTS) is 1. The van der Waals surface area contributed by atoms with Gasteiger partial charge in [0.1, 0.15) is 0 Å². The van der Waals surface area contributed by atoms with Gasteiger partial charge in [-0.25, -0.2) is 9.78 Å². The lowest BCUT2D eigenvalue weighted by Gasteiger charge is -2.22. The zero-order chi connectivity index (χ0) is 14.8. The highest BCUT2D eigenvalue weighted by atomic mass is 32.1. The Bertz CT molecular complexity index is 692. The van der Waals surface area contributed by atoms with Gasteiger partial charge in [-0.15, -0.1) is 11.3 Å². The van der Waals surface area contributed by atoms with E-state index in [-0.39, 0.29) is 11.5 Å². The van der Waals surface area contributed by atoms with Crippen molar-refractivity contribution in [2.45, 2.75) is 25.2 Å². The lowest BCUT2D eigenvalue weighted by molar-refractivity contribution is 0.0697. The van der Waals surface area contributed by atoms with Crippen LogP contribution in [0.3, 0.4) is 0 Å². The van der Waals surface area contributed by atoms with E-state index in [1.54, 1.807) is 12.1 Å². The summed E-state index contributed by atoms with van der Waals surface area (Å²) in [4.78, 5) is 27.4. The molecular formula is C15H14N2O3S. The van der Waals surface area contributed by atoms with Crippen LogP contribution in [0.4, 0.5) is 5.13 Å². The Kier molecular flexibility index (Phi) is 3.70. The quantitative estimate of drug-likeness (QED) is 0.907. The van der Waals surface area contributed by atoms with Crippen molar-refractivity contribution in [2.24, 2.45) is 0 Å². The van der Waals surface area contributed by atoms with Crippen molar-refractivity contribution in [3.8, 4) is 0 Å². The molecule has 1 fully saturated rings. The highest BCUT2D eigenvalue weighted by Crippen LogP contribution is 2.37. The van der Waals surface area contributed by atoms with Crippen LogP contribution < -0.4 is 5.32 Å². The van der Waals surface area contributed by atoms with E-state index in [2.05, 4.69) is 10.3 Å². The molecule has 0 saturated heterocycles. The van der Waals surface area contributed by atoms with E-state index in [0.717, 1.165) is 18.5 Å². The first-order valence-electron chi connectivity index (χ1n) is 6.73. The fourth-order valence-corrected chi connectivity index (χ4v) is 2.99. The third-order valence-electron chi connectivity index (χ3n) is 3.64. The largest absolute Gasteiger partial charge is 0.478 e. The maximum atomic E-state index is 12.1. The number of thiazole rings is 1. The van der Waals surface area contributed by atoms with Crippen LogP contribution in [0.15, 0.2) is 29.6 Å². The summed E-state index contributed by atoms with van der Waals surface area (Å²) >= 11 is 1.40. The first-order valence-corrected chi connectivity index (χ1v) is 7.61. The Labute approximate surface area is 125 Å². The number of amides is 1. The van der Waals surface area contributed by atoms with Gasteiger partial charge in [-0.2, -0.15) is 0 Å². The number of carbonyl (C=O) groups is 2. The fraction of sp³-hybridized carbons (Fsp3) is 0.267. The third-order valence-corrected chi connectivity index (χ3v) is 4.41. The van der Waals surface area contributed by atoms with E-state index >= 15 is 0 Å². The molecular weight excluding hydrogens is 288 g/mol. The van der Waals surface area contributed by atoms with Crippen molar-refractivity contribution < 1.29 is 14.7 Å². The van der Waals surface area contributed by atoms with E-state index in [1.165, 1.54) is 29.9 Å². The van der Waals surface area contributed by atoms with Crippen LogP contribution in [0.1, 0.15) is 51.6 Å². The summed E-state index contributed by atoms with van der Waals surface area (Å²) in [5.41, 5.74) is 1.45. The molecule has 6 heteroatoms. The average molecular weight is 302 g/mol. The summed E-state index contributed by atoms with van der Waals surface area (Å²) in [6, 6.07) is 5.96. The van der Waals surface area contributed by atoms with Crippen molar-refractivity contribution >= 4 is 28.3 Å².